The van der Waals surface area contributed by atoms with Crippen LogP contribution in [-0.2, 0) is 9.59 Å². The number of likely N-dealkylation sites (N-methyl/N-ethyl adjacent to an activating group) is 1. The van der Waals surface area contributed by atoms with Gasteiger partial charge in [-0.1, -0.05) is 18.2 Å². The molecule has 0 spiro atoms. The molecule has 0 heterocycles. The van der Waals surface area contributed by atoms with Crippen LogP contribution in [0.25, 0.3) is 0 Å². The fraction of sp³-hybridized carbons (Fsp3) is 0.500. The van der Waals surface area contributed by atoms with E-state index in [4.69, 9.17) is 4.74 Å². The van der Waals surface area contributed by atoms with Gasteiger partial charge >= 0.3 is 0 Å². The number of benzene rings is 1. The molecule has 3 N–H and O–H groups in total. The Morgan fingerprint density at radius 1 is 1.22 bits per heavy atom. The molecule has 1 unspecified atom stereocenters. The highest BCUT2D eigenvalue weighted by molar-refractivity contribution is 5.85. The minimum Gasteiger partial charge on any atom is -0.494 e. The first-order valence-electron chi connectivity index (χ1n) is 7.48. The molecule has 6 nitrogen and oxygen atoms in total. The average molecular weight is 344 g/mol. The molecule has 1 atom stereocenters. The maximum atomic E-state index is 12.0. The molecule has 0 aliphatic heterocycles. The van der Waals surface area contributed by atoms with Crippen molar-refractivity contribution in [2.75, 3.05) is 26.7 Å². The third kappa shape index (κ3) is 7.85. The van der Waals surface area contributed by atoms with Crippen LogP contribution in [0, 0.1) is 0 Å². The normalized spacial score (nSPS) is 11.1. The number of carbonyl (C=O) groups is 2. The van der Waals surface area contributed by atoms with Crippen molar-refractivity contribution in [2.24, 2.45) is 0 Å². The second kappa shape index (κ2) is 11.7. The van der Waals surface area contributed by atoms with E-state index in [1.807, 2.05) is 38.2 Å². The highest BCUT2D eigenvalue weighted by Crippen LogP contribution is 2.27. The molecule has 1 rings (SSSR count). The summed E-state index contributed by atoms with van der Waals surface area (Å²) in [6.07, 6.45) is 0.174. The molecule has 0 radical (unpaired) electrons. The lowest BCUT2D eigenvalue weighted by Gasteiger charge is -2.21. The number of hydrogen-bond donors (Lipinski definition) is 3. The third-order valence-electron chi connectivity index (χ3n) is 3.06. The number of hydrogen-bond acceptors (Lipinski definition) is 4. The lowest BCUT2D eigenvalue weighted by atomic mass is 10.0. The first kappa shape index (κ1) is 21.2. The second-order valence-electron chi connectivity index (χ2n) is 4.88. The summed E-state index contributed by atoms with van der Waals surface area (Å²) in [6.45, 7) is 5.11. The van der Waals surface area contributed by atoms with Crippen LogP contribution >= 0.6 is 12.4 Å². The highest BCUT2D eigenvalue weighted by Gasteiger charge is 2.20. The topological polar surface area (TPSA) is 79.5 Å². The minimum atomic E-state index is -0.408. The SMILES string of the molecule is CCOc1ccccc1C(CC(=O)NCCNC)NC(C)=O.Cl. The average Bonchev–Trinajstić information content (AvgIpc) is 2.47. The predicted octanol–water partition coefficient (Wildman–Crippen LogP) is 1.41. The van der Waals surface area contributed by atoms with E-state index in [1.165, 1.54) is 6.92 Å². The number of nitrogens with one attached hydrogen (secondary N) is 3. The number of carbonyl (C=O) groups excluding carboxylic acids is 2. The molecule has 0 saturated heterocycles. The van der Waals surface area contributed by atoms with Crippen LogP contribution in [-0.4, -0.2) is 38.6 Å². The van der Waals surface area contributed by atoms with Crippen LogP contribution < -0.4 is 20.7 Å². The molecule has 130 valence electrons. The van der Waals surface area contributed by atoms with Crippen molar-refractivity contribution in [1.29, 1.82) is 0 Å². The molecule has 0 aromatic heterocycles. The lowest BCUT2D eigenvalue weighted by molar-refractivity contribution is -0.122. The summed E-state index contributed by atoms with van der Waals surface area (Å²) in [7, 11) is 1.82. The fourth-order valence-electron chi connectivity index (χ4n) is 2.12. The maximum Gasteiger partial charge on any atom is 0.222 e. The van der Waals surface area contributed by atoms with Gasteiger partial charge < -0.3 is 20.7 Å². The summed E-state index contributed by atoms with van der Waals surface area (Å²) in [5.74, 6) is 0.395. The fourth-order valence-corrected chi connectivity index (χ4v) is 2.12. The third-order valence-corrected chi connectivity index (χ3v) is 3.06. The Kier molecular flexibility index (Phi) is 10.8. The first-order valence-corrected chi connectivity index (χ1v) is 7.48. The summed E-state index contributed by atoms with van der Waals surface area (Å²) < 4.78 is 5.59. The van der Waals surface area contributed by atoms with E-state index < -0.39 is 6.04 Å². The Hall–Kier alpha value is -1.79. The monoisotopic (exact) mass is 343 g/mol. The molecular weight excluding hydrogens is 318 g/mol. The van der Waals surface area contributed by atoms with E-state index in [0.717, 1.165) is 5.56 Å². The van der Waals surface area contributed by atoms with Crippen molar-refractivity contribution in [3.63, 3.8) is 0 Å². The van der Waals surface area contributed by atoms with Gasteiger partial charge in [-0.2, -0.15) is 0 Å². The molecule has 23 heavy (non-hydrogen) atoms. The van der Waals surface area contributed by atoms with Gasteiger partial charge in [0, 0.05) is 25.6 Å². The zero-order valence-electron chi connectivity index (χ0n) is 13.8. The van der Waals surface area contributed by atoms with Crippen molar-refractivity contribution in [1.82, 2.24) is 16.0 Å². The molecule has 0 aliphatic carbocycles. The van der Waals surface area contributed by atoms with Gasteiger partial charge in [0.2, 0.25) is 11.8 Å². The number of rotatable bonds is 9. The Morgan fingerprint density at radius 2 is 1.91 bits per heavy atom. The number of amides is 2. The number of ether oxygens (including phenoxy) is 1. The quantitative estimate of drug-likeness (QED) is 0.592. The van der Waals surface area contributed by atoms with Gasteiger partial charge in [-0.3, -0.25) is 9.59 Å². The van der Waals surface area contributed by atoms with Crippen molar-refractivity contribution >= 4 is 24.2 Å². The molecule has 0 saturated carbocycles. The van der Waals surface area contributed by atoms with Crippen LogP contribution in [0.2, 0.25) is 0 Å². The van der Waals surface area contributed by atoms with Gasteiger partial charge in [0.15, 0.2) is 0 Å². The summed E-state index contributed by atoms with van der Waals surface area (Å²) in [5, 5.41) is 8.60. The van der Waals surface area contributed by atoms with Gasteiger partial charge in [-0.15, -0.1) is 12.4 Å². The molecule has 1 aromatic carbocycles. The zero-order valence-corrected chi connectivity index (χ0v) is 14.7. The minimum absolute atomic E-state index is 0. The Morgan fingerprint density at radius 3 is 2.52 bits per heavy atom. The van der Waals surface area contributed by atoms with Crippen molar-refractivity contribution in [3.05, 3.63) is 29.8 Å². The smallest absolute Gasteiger partial charge is 0.222 e. The molecule has 0 fully saturated rings. The van der Waals surface area contributed by atoms with E-state index in [2.05, 4.69) is 16.0 Å². The Labute approximate surface area is 143 Å². The van der Waals surface area contributed by atoms with Crippen LogP contribution in [0.5, 0.6) is 5.75 Å². The Bertz CT molecular complexity index is 497. The van der Waals surface area contributed by atoms with Crippen molar-refractivity contribution in [2.45, 2.75) is 26.3 Å². The maximum absolute atomic E-state index is 12.0. The first-order chi connectivity index (χ1) is 10.6. The van der Waals surface area contributed by atoms with E-state index in [1.54, 1.807) is 0 Å². The van der Waals surface area contributed by atoms with Crippen LogP contribution in [0.1, 0.15) is 31.9 Å². The summed E-state index contributed by atoms with van der Waals surface area (Å²) in [4.78, 5) is 23.5. The van der Waals surface area contributed by atoms with Gasteiger partial charge in [-0.05, 0) is 20.0 Å². The number of para-hydroxylation sites is 1. The van der Waals surface area contributed by atoms with Crippen LogP contribution in [0.4, 0.5) is 0 Å². The Balaban J connectivity index is 0.00000484. The number of halogens is 1. The van der Waals surface area contributed by atoms with Gasteiger partial charge in [-0.25, -0.2) is 0 Å². The van der Waals surface area contributed by atoms with Gasteiger partial charge in [0.05, 0.1) is 19.1 Å². The largest absolute Gasteiger partial charge is 0.494 e. The summed E-state index contributed by atoms with van der Waals surface area (Å²) in [5.41, 5.74) is 0.809. The van der Waals surface area contributed by atoms with Crippen LogP contribution in [0.3, 0.4) is 0 Å². The summed E-state index contributed by atoms with van der Waals surface area (Å²) in [6, 6.07) is 7.03. The second-order valence-corrected chi connectivity index (χ2v) is 4.88. The van der Waals surface area contributed by atoms with Crippen LogP contribution in [0.15, 0.2) is 24.3 Å². The highest BCUT2D eigenvalue weighted by atomic mass is 35.5. The van der Waals surface area contributed by atoms with Crippen molar-refractivity contribution in [3.8, 4) is 5.75 Å². The van der Waals surface area contributed by atoms with E-state index in [-0.39, 0.29) is 30.6 Å². The molecule has 2 amide bonds. The van der Waals surface area contributed by atoms with Gasteiger partial charge in [0.25, 0.3) is 0 Å². The van der Waals surface area contributed by atoms with E-state index in [0.29, 0.717) is 25.4 Å². The molecule has 1 aromatic rings. The van der Waals surface area contributed by atoms with E-state index >= 15 is 0 Å². The van der Waals surface area contributed by atoms with Crippen molar-refractivity contribution < 1.29 is 14.3 Å². The van der Waals surface area contributed by atoms with Gasteiger partial charge in [0.1, 0.15) is 5.75 Å². The summed E-state index contributed by atoms with van der Waals surface area (Å²) >= 11 is 0. The van der Waals surface area contributed by atoms with E-state index in [9.17, 15) is 9.59 Å². The molecule has 0 aliphatic rings. The standard InChI is InChI=1S/C16H25N3O3.ClH/c1-4-22-15-8-6-5-7-13(15)14(19-12(2)20)11-16(21)18-10-9-17-3;/h5-8,14,17H,4,9-11H2,1-3H3,(H,18,21)(H,19,20);1H. The molecule has 7 heteroatoms. The molecular formula is C16H26ClN3O3. The zero-order chi connectivity index (χ0) is 16.4. The predicted molar refractivity (Wildman–Crippen MR) is 93.0 cm³/mol. The molecule has 0 bridgehead atoms. The lowest BCUT2D eigenvalue weighted by Crippen LogP contribution is -2.35.